The molecule has 1 heterocycles. The molecule has 0 fully saturated rings. The minimum Gasteiger partial charge on any atom is -0.497 e. The highest BCUT2D eigenvalue weighted by molar-refractivity contribution is 6.04. The zero-order valence-electron chi connectivity index (χ0n) is 16.2. The van der Waals surface area contributed by atoms with Crippen molar-refractivity contribution in [3.05, 3.63) is 65.6 Å². The number of nitriles is 1. The van der Waals surface area contributed by atoms with Gasteiger partial charge in [-0.3, -0.25) is 4.79 Å². The van der Waals surface area contributed by atoms with Gasteiger partial charge in [0.15, 0.2) is 0 Å². The van der Waals surface area contributed by atoms with Crippen molar-refractivity contribution in [2.24, 2.45) is 0 Å². The number of anilines is 3. The van der Waals surface area contributed by atoms with E-state index in [4.69, 9.17) is 14.7 Å². The standard InChI is InChI=1S/C21H19N5O3/c1-13-23-18(11-20(24-13)25-15-6-4-5-14(9-15)12-22)21(27)26-17-8-7-16(28-2)10-19(17)29-3/h4-11H,1-3H3,(H,26,27)(H,23,24,25). The molecule has 0 unspecified atom stereocenters. The summed E-state index contributed by atoms with van der Waals surface area (Å²) in [5.74, 6) is 1.55. The Morgan fingerprint density at radius 1 is 1.07 bits per heavy atom. The van der Waals surface area contributed by atoms with Crippen molar-refractivity contribution < 1.29 is 14.3 Å². The largest absolute Gasteiger partial charge is 0.497 e. The van der Waals surface area contributed by atoms with Crippen molar-refractivity contribution in [1.82, 2.24) is 9.97 Å². The van der Waals surface area contributed by atoms with Gasteiger partial charge in [0.25, 0.3) is 5.91 Å². The quantitative estimate of drug-likeness (QED) is 0.662. The van der Waals surface area contributed by atoms with Crippen molar-refractivity contribution >= 4 is 23.1 Å². The topological polar surface area (TPSA) is 109 Å². The Bertz CT molecular complexity index is 1090. The molecule has 8 nitrogen and oxygen atoms in total. The minimum absolute atomic E-state index is 0.189. The van der Waals surface area contributed by atoms with Crippen molar-refractivity contribution in [2.45, 2.75) is 6.92 Å². The Kier molecular flexibility index (Phi) is 5.90. The normalized spacial score (nSPS) is 10.0. The van der Waals surface area contributed by atoms with Crippen LogP contribution in [-0.4, -0.2) is 30.1 Å². The summed E-state index contributed by atoms with van der Waals surface area (Å²) in [6.45, 7) is 1.70. The average Bonchev–Trinajstić information content (AvgIpc) is 2.73. The van der Waals surface area contributed by atoms with E-state index in [0.29, 0.717) is 40.1 Å². The number of carbonyl (C=O) groups is 1. The van der Waals surface area contributed by atoms with Gasteiger partial charge in [0.05, 0.1) is 31.5 Å². The summed E-state index contributed by atoms with van der Waals surface area (Å²) in [5, 5.41) is 14.9. The number of amides is 1. The third kappa shape index (κ3) is 4.78. The highest BCUT2D eigenvalue weighted by Gasteiger charge is 2.14. The van der Waals surface area contributed by atoms with E-state index in [1.54, 1.807) is 56.5 Å². The first kappa shape index (κ1) is 19.6. The van der Waals surface area contributed by atoms with Gasteiger partial charge < -0.3 is 20.1 Å². The number of hydrogen-bond donors (Lipinski definition) is 2. The molecule has 0 radical (unpaired) electrons. The third-order valence-corrected chi connectivity index (χ3v) is 3.99. The molecule has 0 bridgehead atoms. The molecule has 0 aliphatic carbocycles. The van der Waals surface area contributed by atoms with E-state index < -0.39 is 5.91 Å². The van der Waals surface area contributed by atoms with Crippen LogP contribution < -0.4 is 20.1 Å². The first-order valence-electron chi connectivity index (χ1n) is 8.68. The molecule has 0 saturated carbocycles. The molecule has 3 rings (SSSR count). The molecule has 0 aliphatic rings. The number of aryl methyl sites for hydroxylation is 1. The Balaban J connectivity index is 1.84. The molecule has 3 aromatic rings. The van der Waals surface area contributed by atoms with E-state index in [1.807, 2.05) is 0 Å². The van der Waals surface area contributed by atoms with Crippen molar-refractivity contribution in [3.8, 4) is 17.6 Å². The molecule has 0 aliphatic heterocycles. The highest BCUT2D eigenvalue weighted by Crippen LogP contribution is 2.29. The van der Waals surface area contributed by atoms with E-state index >= 15 is 0 Å². The maximum atomic E-state index is 12.7. The first-order valence-corrected chi connectivity index (χ1v) is 8.68. The van der Waals surface area contributed by atoms with E-state index in [0.717, 1.165) is 0 Å². The van der Waals surface area contributed by atoms with Gasteiger partial charge in [-0.15, -0.1) is 0 Å². The summed E-state index contributed by atoms with van der Waals surface area (Å²) in [6, 6.07) is 15.7. The fraction of sp³-hybridized carbons (Fsp3) is 0.143. The fourth-order valence-corrected chi connectivity index (χ4v) is 2.65. The Morgan fingerprint density at radius 3 is 2.62 bits per heavy atom. The molecule has 2 N–H and O–H groups in total. The number of nitrogens with zero attached hydrogens (tertiary/aromatic N) is 3. The summed E-state index contributed by atoms with van der Waals surface area (Å²) >= 11 is 0. The van der Waals surface area contributed by atoms with Crippen LogP contribution in [0.1, 0.15) is 21.9 Å². The maximum Gasteiger partial charge on any atom is 0.274 e. The summed E-state index contributed by atoms with van der Waals surface area (Å²) in [6.07, 6.45) is 0. The van der Waals surface area contributed by atoms with Crippen LogP contribution >= 0.6 is 0 Å². The molecule has 29 heavy (non-hydrogen) atoms. The summed E-state index contributed by atoms with van der Waals surface area (Å²) in [4.78, 5) is 21.3. The SMILES string of the molecule is COc1ccc(NC(=O)c2cc(Nc3cccc(C#N)c3)nc(C)n2)c(OC)c1. The predicted octanol–water partition coefficient (Wildman–Crippen LogP) is 3.67. The molecule has 1 aromatic heterocycles. The van der Waals surface area contributed by atoms with E-state index in [9.17, 15) is 4.79 Å². The van der Waals surface area contributed by atoms with E-state index in [1.165, 1.54) is 13.2 Å². The minimum atomic E-state index is -0.409. The van der Waals surface area contributed by atoms with Crippen molar-refractivity contribution in [2.75, 3.05) is 24.9 Å². The Hall–Kier alpha value is -4.12. The molecule has 1 amide bonds. The number of benzene rings is 2. The molecule has 0 saturated heterocycles. The smallest absolute Gasteiger partial charge is 0.274 e. The van der Waals surface area contributed by atoms with Gasteiger partial charge in [0.1, 0.15) is 28.8 Å². The number of methoxy groups -OCH3 is 2. The Labute approximate surface area is 168 Å². The van der Waals surface area contributed by atoms with Gasteiger partial charge in [-0.2, -0.15) is 5.26 Å². The first-order chi connectivity index (χ1) is 14.0. The summed E-state index contributed by atoms with van der Waals surface area (Å²) < 4.78 is 10.5. The lowest BCUT2D eigenvalue weighted by molar-refractivity contribution is 0.102. The number of carbonyl (C=O) groups excluding carboxylic acids is 1. The zero-order chi connectivity index (χ0) is 20.8. The molecule has 146 valence electrons. The van der Waals surface area contributed by atoms with Crippen molar-refractivity contribution in [1.29, 1.82) is 5.26 Å². The van der Waals surface area contributed by atoms with Gasteiger partial charge in [0.2, 0.25) is 0 Å². The summed E-state index contributed by atoms with van der Waals surface area (Å²) in [7, 11) is 3.06. The number of nitrogens with one attached hydrogen (secondary N) is 2. The lowest BCUT2D eigenvalue weighted by Crippen LogP contribution is -2.16. The molecule has 2 aromatic carbocycles. The van der Waals surface area contributed by atoms with Crippen LogP contribution in [0.5, 0.6) is 11.5 Å². The van der Waals surface area contributed by atoms with Crippen LogP contribution in [0.2, 0.25) is 0 Å². The maximum absolute atomic E-state index is 12.7. The lowest BCUT2D eigenvalue weighted by atomic mass is 10.2. The molecular formula is C21H19N5O3. The third-order valence-electron chi connectivity index (χ3n) is 3.99. The number of ether oxygens (including phenoxy) is 2. The van der Waals surface area contributed by atoms with Crippen LogP contribution in [0, 0.1) is 18.3 Å². The second-order valence-electron chi connectivity index (χ2n) is 6.02. The molecular weight excluding hydrogens is 370 g/mol. The molecule has 0 spiro atoms. The average molecular weight is 389 g/mol. The van der Waals surface area contributed by atoms with Crippen LogP contribution in [0.15, 0.2) is 48.5 Å². The zero-order valence-corrected chi connectivity index (χ0v) is 16.2. The number of hydrogen-bond acceptors (Lipinski definition) is 7. The Morgan fingerprint density at radius 2 is 1.90 bits per heavy atom. The van der Waals surface area contributed by atoms with Crippen LogP contribution in [0.25, 0.3) is 0 Å². The van der Waals surface area contributed by atoms with Gasteiger partial charge >= 0.3 is 0 Å². The van der Waals surface area contributed by atoms with Crippen LogP contribution in [0.3, 0.4) is 0 Å². The number of aromatic nitrogens is 2. The number of rotatable bonds is 6. The fourth-order valence-electron chi connectivity index (χ4n) is 2.65. The van der Waals surface area contributed by atoms with E-state index in [-0.39, 0.29) is 5.69 Å². The van der Waals surface area contributed by atoms with Crippen LogP contribution in [-0.2, 0) is 0 Å². The van der Waals surface area contributed by atoms with E-state index in [2.05, 4.69) is 26.7 Å². The van der Waals surface area contributed by atoms with Gasteiger partial charge in [-0.25, -0.2) is 9.97 Å². The summed E-state index contributed by atoms with van der Waals surface area (Å²) in [5.41, 5.74) is 1.88. The van der Waals surface area contributed by atoms with Gasteiger partial charge in [-0.05, 0) is 37.3 Å². The molecule has 0 atom stereocenters. The lowest BCUT2D eigenvalue weighted by Gasteiger charge is -2.12. The van der Waals surface area contributed by atoms with Crippen LogP contribution in [0.4, 0.5) is 17.2 Å². The predicted molar refractivity (Wildman–Crippen MR) is 109 cm³/mol. The second-order valence-corrected chi connectivity index (χ2v) is 6.02. The van der Waals surface area contributed by atoms with Gasteiger partial charge in [0, 0.05) is 17.8 Å². The highest BCUT2D eigenvalue weighted by atomic mass is 16.5. The van der Waals surface area contributed by atoms with Crippen molar-refractivity contribution in [3.63, 3.8) is 0 Å². The molecule has 8 heteroatoms. The van der Waals surface area contributed by atoms with Gasteiger partial charge in [-0.1, -0.05) is 6.07 Å². The second kappa shape index (κ2) is 8.71. The monoisotopic (exact) mass is 389 g/mol.